The van der Waals surface area contributed by atoms with Crippen molar-refractivity contribution < 1.29 is 22.7 Å². The third-order valence-corrected chi connectivity index (χ3v) is 5.98. The van der Waals surface area contributed by atoms with E-state index in [4.69, 9.17) is 4.74 Å². The Hall–Kier alpha value is -2.45. The zero-order valence-corrected chi connectivity index (χ0v) is 16.6. The lowest BCUT2D eigenvalue weighted by Crippen LogP contribution is -2.58. The summed E-state index contributed by atoms with van der Waals surface area (Å²) in [5.41, 5.74) is -0.567. The molecule has 1 amide bonds. The number of hydrogen-bond acceptors (Lipinski definition) is 4. The average Bonchev–Trinajstić information content (AvgIpc) is 2.74. The fourth-order valence-electron chi connectivity index (χ4n) is 4.23. The van der Waals surface area contributed by atoms with E-state index in [1.165, 1.54) is 17.0 Å². The molecule has 160 valence electrons. The fraction of sp³-hybridized carbons (Fsp3) is 0.455. The molecule has 4 rings (SSSR count). The maximum absolute atomic E-state index is 14.0. The molecule has 1 aromatic carbocycles. The highest BCUT2D eigenvalue weighted by Crippen LogP contribution is 2.31. The molecule has 30 heavy (non-hydrogen) atoms. The zero-order chi connectivity index (χ0) is 21.1. The normalized spacial score (nSPS) is 19.2. The number of nitrogens with zero attached hydrogens (tertiary/aromatic N) is 3. The number of amides is 1. The molecule has 0 unspecified atom stereocenters. The number of carbonyl (C=O) groups is 1. The Bertz CT molecular complexity index is 896. The van der Waals surface area contributed by atoms with Gasteiger partial charge in [-0.25, -0.2) is 13.2 Å². The molecule has 8 heteroatoms. The van der Waals surface area contributed by atoms with Gasteiger partial charge in [-0.1, -0.05) is 6.07 Å². The minimum atomic E-state index is -0.850. The van der Waals surface area contributed by atoms with Gasteiger partial charge in [-0.05, 0) is 37.1 Å². The molecule has 0 aliphatic carbocycles. The number of benzene rings is 1. The molecular weight excluding hydrogens is 395 g/mol. The highest BCUT2D eigenvalue weighted by atomic mass is 19.1. The summed E-state index contributed by atoms with van der Waals surface area (Å²) in [5.74, 6) is -2.63. The number of pyridine rings is 1. The van der Waals surface area contributed by atoms with Gasteiger partial charge in [0.05, 0.1) is 24.4 Å². The Labute approximate surface area is 173 Å². The van der Waals surface area contributed by atoms with Crippen LogP contribution >= 0.6 is 0 Å². The second-order valence-electron chi connectivity index (χ2n) is 7.88. The van der Waals surface area contributed by atoms with Crippen LogP contribution in [0.15, 0.2) is 36.5 Å². The fourth-order valence-corrected chi connectivity index (χ4v) is 4.23. The molecule has 2 aliphatic heterocycles. The third kappa shape index (κ3) is 4.34. The Kier molecular flexibility index (Phi) is 6.06. The van der Waals surface area contributed by atoms with E-state index in [1.54, 1.807) is 12.3 Å². The van der Waals surface area contributed by atoms with Crippen molar-refractivity contribution in [3.05, 3.63) is 65.2 Å². The Morgan fingerprint density at radius 3 is 2.43 bits per heavy atom. The van der Waals surface area contributed by atoms with Crippen LogP contribution in [0.3, 0.4) is 0 Å². The van der Waals surface area contributed by atoms with Gasteiger partial charge >= 0.3 is 0 Å². The molecule has 0 N–H and O–H groups in total. The maximum Gasteiger partial charge on any atom is 0.260 e. The van der Waals surface area contributed by atoms with Crippen molar-refractivity contribution in [2.24, 2.45) is 0 Å². The number of hydrogen-bond donors (Lipinski definition) is 0. The van der Waals surface area contributed by atoms with E-state index < -0.39 is 28.7 Å². The summed E-state index contributed by atoms with van der Waals surface area (Å²) >= 11 is 0. The van der Waals surface area contributed by atoms with E-state index in [0.717, 1.165) is 25.2 Å². The molecule has 0 radical (unpaired) electrons. The summed E-state index contributed by atoms with van der Waals surface area (Å²) in [6, 6.07) is 6.41. The number of halogens is 3. The monoisotopic (exact) mass is 419 g/mol. The summed E-state index contributed by atoms with van der Waals surface area (Å²) in [6.45, 7) is 3.11. The first-order chi connectivity index (χ1) is 14.5. The van der Waals surface area contributed by atoms with E-state index >= 15 is 0 Å². The average molecular weight is 419 g/mol. The number of ether oxygens (including phenoxy) is 1. The quantitative estimate of drug-likeness (QED) is 0.764. The number of piperidine rings is 1. The van der Waals surface area contributed by atoms with Crippen molar-refractivity contribution in [3.63, 3.8) is 0 Å². The minimum Gasteiger partial charge on any atom is -0.371 e. The molecule has 5 nitrogen and oxygen atoms in total. The second-order valence-corrected chi connectivity index (χ2v) is 7.88. The van der Waals surface area contributed by atoms with Crippen molar-refractivity contribution in [3.8, 4) is 0 Å². The molecular formula is C22H24F3N3O2. The van der Waals surface area contributed by atoms with E-state index in [2.05, 4.69) is 9.88 Å². The highest BCUT2D eigenvalue weighted by molar-refractivity contribution is 5.94. The van der Waals surface area contributed by atoms with Crippen LogP contribution in [0.1, 0.15) is 28.9 Å². The summed E-state index contributed by atoms with van der Waals surface area (Å²) < 4.78 is 47.9. The number of rotatable bonds is 4. The molecule has 0 saturated carbocycles. The summed E-state index contributed by atoms with van der Waals surface area (Å²) in [6.07, 6.45) is 3.50. The first-order valence-corrected chi connectivity index (χ1v) is 10.2. The van der Waals surface area contributed by atoms with Crippen LogP contribution in [0, 0.1) is 17.5 Å². The molecule has 3 heterocycles. The van der Waals surface area contributed by atoms with Crippen molar-refractivity contribution >= 4 is 5.91 Å². The van der Waals surface area contributed by atoms with Gasteiger partial charge < -0.3 is 14.5 Å². The molecule has 1 aromatic heterocycles. The molecule has 1 spiro atoms. The number of aromatic nitrogens is 1. The van der Waals surface area contributed by atoms with Gasteiger partial charge in [0, 0.05) is 38.8 Å². The lowest BCUT2D eigenvalue weighted by Gasteiger charge is -2.47. The third-order valence-electron chi connectivity index (χ3n) is 5.98. The number of morpholine rings is 1. The van der Waals surface area contributed by atoms with E-state index in [-0.39, 0.29) is 5.82 Å². The van der Waals surface area contributed by atoms with Crippen molar-refractivity contribution in [2.75, 3.05) is 39.3 Å². The molecule has 2 saturated heterocycles. The van der Waals surface area contributed by atoms with Crippen molar-refractivity contribution in [1.29, 1.82) is 0 Å². The van der Waals surface area contributed by atoms with Crippen LogP contribution in [0.2, 0.25) is 0 Å². The first kappa shape index (κ1) is 20.8. The van der Waals surface area contributed by atoms with Gasteiger partial charge in [-0.3, -0.25) is 9.78 Å². The molecule has 2 aromatic rings. The lowest BCUT2D eigenvalue weighted by atomic mass is 9.89. The van der Waals surface area contributed by atoms with Crippen LogP contribution < -0.4 is 0 Å². The Balaban J connectivity index is 1.36. The van der Waals surface area contributed by atoms with Crippen LogP contribution in [-0.2, 0) is 11.2 Å². The topological polar surface area (TPSA) is 45.7 Å². The van der Waals surface area contributed by atoms with Crippen LogP contribution in [0.5, 0.6) is 0 Å². The minimum absolute atomic E-state index is 0.295. The Morgan fingerprint density at radius 1 is 1.03 bits per heavy atom. The summed E-state index contributed by atoms with van der Waals surface area (Å²) in [5, 5.41) is 0. The predicted molar refractivity (Wildman–Crippen MR) is 105 cm³/mol. The molecule has 2 fully saturated rings. The van der Waals surface area contributed by atoms with Gasteiger partial charge in [0.25, 0.3) is 5.91 Å². The number of carbonyl (C=O) groups excluding carboxylic acids is 1. The second kappa shape index (κ2) is 8.73. The first-order valence-electron chi connectivity index (χ1n) is 10.2. The van der Waals surface area contributed by atoms with Gasteiger partial charge in [0.15, 0.2) is 0 Å². The SMILES string of the molecule is O=C(c1c(F)cccc1F)N1CCOC2(CCN(CCc3ncccc3F)CC2)C1. The standard InChI is InChI=1S/C22H24F3N3O2/c23-16-5-2-9-26-19(16)6-10-27-11-7-22(8-12-27)15-28(13-14-30-22)21(29)20-17(24)3-1-4-18(20)25/h1-5,9H,6-8,10-15H2. The molecule has 2 aliphatic rings. The lowest BCUT2D eigenvalue weighted by molar-refractivity contribution is -0.127. The van der Waals surface area contributed by atoms with Crippen LogP contribution in [0.4, 0.5) is 13.2 Å². The van der Waals surface area contributed by atoms with Crippen LogP contribution in [0.25, 0.3) is 0 Å². The van der Waals surface area contributed by atoms with Gasteiger partial charge in [0.1, 0.15) is 23.0 Å². The smallest absolute Gasteiger partial charge is 0.260 e. The van der Waals surface area contributed by atoms with Crippen LogP contribution in [-0.4, -0.2) is 65.6 Å². The summed E-state index contributed by atoms with van der Waals surface area (Å²) in [7, 11) is 0. The van der Waals surface area contributed by atoms with Crippen molar-refractivity contribution in [2.45, 2.75) is 24.9 Å². The predicted octanol–water partition coefficient (Wildman–Crippen LogP) is 3.05. The highest BCUT2D eigenvalue weighted by Gasteiger charge is 2.41. The van der Waals surface area contributed by atoms with Crippen molar-refractivity contribution in [1.82, 2.24) is 14.8 Å². The van der Waals surface area contributed by atoms with Gasteiger partial charge in [-0.2, -0.15) is 0 Å². The van der Waals surface area contributed by atoms with E-state index in [9.17, 15) is 18.0 Å². The molecule has 0 bridgehead atoms. The molecule has 0 atom stereocenters. The van der Waals surface area contributed by atoms with Gasteiger partial charge in [-0.15, -0.1) is 0 Å². The van der Waals surface area contributed by atoms with Gasteiger partial charge in [0.2, 0.25) is 0 Å². The summed E-state index contributed by atoms with van der Waals surface area (Å²) in [4.78, 5) is 20.6. The number of likely N-dealkylation sites (tertiary alicyclic amines) is 1. The maximum atomic E-state index is 14.0. The van der Waals surface area contributed by atoms with E-state index in [1.807, 2.05) is 0 Å². The van der Waals surface area contributed by atoms with E-state index in [0.29, 0.717) is 51.2 Å². The zero-order valence-electron chi connectivity index (χ0n) is 16.6. The Morgan fingerprint density at radius 2 is 1.73 bits per heavy atom. The largest absolute Gasteiger partial charge is 0.371 e.